The molecule has 1 aliphatic carbocycles. The van der Waals surface area contributed by atoms with Crippen molar-refractivity contribution in [2.24, 2.45) is 0 Å². The number of ether oxygens (including phenoxy) is 2. The molecule has 1 saturated carbocycles. The van der Waals surface area contributed by atoms with Crippen LogP contribution in [0.5, 0.6) is 0 Å². The van der Waals surface area contributed by atoms with Gasteiger partial charge in [0.15, 0.2) is 0 Å². The van der Waals surface area contributed by atoms with E-state index in [1.54, 1.807) is 7.11 Å². The summed E-state index contributed by atoms with van der Waals surface area (Å²) in [5, 5.41) is 3.50. The molecule has 1 rings (SSSR count). The van der Waals surface area contributed by atoms with Crippen molar-refractivity contribution in [1.29, 1.82) is 0 Å². The Kier molecular flexibility index (Phi) is 6.32. The third kappa shape index (κ3) is 3.72. The summed E-state index contributed by atoms with van der Waals surface area (Å²) in [7, 11) is 1.78. The Hall–Kier alpha value is -0.120. The normalized spacial score (nSPS) is 31.1. The summed E-state index contributed by atoms with van der Waals surface area (Å²) < 4.78 is 11.5. The average Bonchev–Trinajstić information content (AvgIpc) is 2.23. The maximum absolute atomic E-state index is 5.98. The maximum Gasteiger partial charge on any atom is 0.0987 e. The fraction of sp³-hybridized carbons (Fsp3) is 1.00. The largest absolute Gasteiger partial charge is 0.377 e. The Morgan fingerprint density at radius 2 is 2.06 bits per heavy atom. The average molecular weight is 229 g/mol. The molecule has 0 bridgehead atoms. The minimum atomic E-state index is 0.242. The molecule has 0 aliphatic heterocycles. The maximum atomic E-state index is 5.98. The van der Waals surface area contributed by atoms with Crippen LogP contribution in [-0.2, 0) is 9.47 Å². The van der Waals surface area contributed by atoms with Gasteiger partial charge in [0, 0.05) is 13.2 Å². The van der Waals surface area contributed by atoms with Gasteiger partial charge in [-0.05, 0) is 32.7 Å². The van der Waals surface area contributed by atoms with Crippen LogP contribution in [0.15, 0.2) is 0 Å². The van der Waals surface area contributed by atoms with E-state index >= 15 is 0 Å². The second-order valence-corrected chi connectivity index (χ2v) is 4.77. The highest BCUT2D eigenvalue weighted by atomic mass is 16.5. The lowest BCUT2D eigenvalue weighted by molar-refractivity contribution is -0.154. The molecule has 0 heterocycles. The molecule has 16 heavy (non-hydrogen) atoms. The fourth-order valence-corrected chi connectivity index (χ4v) is 2.33. The van der Waals surface area contributed by atoms with Crippen LogP contribution in [-0.4, -0.2) is 38.0 Å². The van der Waals surface area contributed by atoms with E-state index in [0.717, 1.165) is 19.4 Å². The first kappa shape index (κ1) is 13.9. The van der Waals surface area contributed by atoms with Crippen molar-refractivity contribution in [3.63, 3.8) is 0 Å². The van der Waals surface area contributed by atoms with Crippen molar-refractivity contribution in [3.8, 4) is 0 Å². The van der Waals surface area contributed by atoms with Crippen LogP contribution >= 0.6 is 0 Å². The first-order valence-corrected chi connectivity index (χ1v) is 6.64. The topological polar surface area (TPSA) is 30.5 Å². The molecule has 96 valence electrons. The van der Waals surface area contributed by atoms with Gasteiger partial charge >= 0.3 is 0 Å². The quantitative estimate of drug-likeness (QED) is 0.693. The highest BCUT2D eigenvalue weighted by Gasteiger charge is 2.42. The van der Waals surface area contributed by atoms with E-state index in [0.29, 0.717) is 18.2 Å². The predicted octanol–water partition coefficient (Wildman–Crippen LogP) is 2.35. The van der Waals surface area contributed by atoms with Gasteiger partial charge in [-0.1, -0.05) is 20.3 Å². The molecule has 3 heteroatoms. The molecule has 0 amide bonds. The zero-order chi connectivity index (χ0) is 12.0. The third-order valence-corrected chi connectivity index (χ3v) is 3.28. The Balaban J connectivity index is 2.25. The van der Waals surface area contributed by atoms with Crippen molar-refractivity contribution in [3.05, 3.63) is 0 Å². The molecule has 1 fully saturated rings. The molecule has 0 radical (unpaired) electrons. The van der Waals surface area contributed by atoms with Crippen LogP contribution in [0.25, 0.3) is 0 Å². The summed E-state index contributed by atoms with van der Waals surface area (Å²) >= 11 is 0. The molecule has 4 atom stereocenters. The standard InChI is InChI=1S/C13H27NO2/c1-5-7-10(3)16-12-9-11(13(12)15-4)14-8-6-2/h10-14H,5-9H2,1-4H3. The van der Waals surface area contributed by atoms with Crippen LogP contribution in [0.2, 0.25) is 0 Å². The highest BCUT2D eigenvalue weighted by Crippen LogP contribution is 2.28. The number of nitrogens with one attached hydrogen (secondary N) is 1. The van der Waals surface area contributed by atoms with Crippen LogP contribution < -0.4 is 5.32 Å². The summed E-state index contributed by atoms with van der Waals surface area (Å²) in [6, 6.07) is 0.490. The van der Waals surface area contributed by atoms with E-state index in [-0.39, 0.29) is 6.10 Å². The lowest BCUT2D eigenvalue weighted by Gasteiger charge is -2.44. The smallest absolute Gasteiger partial charge is 0.0987 e. The Labute approximate surface area is 99.9 Å². The second kappa shape index (κ2) is 7.25. The Morgan fingerprint density at radius 3 is 2.62 bits per heavy atom. The first-order chi connectivity index (χ1) is 7.72. The minimum Gasteiger partial charge on any atom is -0.377 e. The van der Waals surface area contributed by atoms with Crippen LogP contribution in [0.3, 0.4) is 0 Å². The van der Waals surface area contributed by atoms with Crippen molar-refractivity contribution < 1.29 is 9.47 Å². The molecule has 0 aromatic heterocycles. The molecule has 1 aliphatic rings. The molecular formula is C13H27NO2. The zero-order valence-corrected chi connectivity index (χ0v) is 11.2. The summed E-state index contributed by atoms with van der Waals surface area (Å²) in [4.78, 5) is 0. The van der Waals surface area contributed by atoms with Gasteiger partial charge in [-0.3, -0.25) is 0 Å². The molecule has 4 unspecified atom stereocenters. The lowest BCUT2D eigenvalue weighted by Crippen LogP contribution is -2.60. The number of hydrogen-bond donors (Lipinski definition) is 1. The summed E-state index contributed by atoms with van der Waals surface area (Å²) in [5.41, 5.74) is 0. The monoisotopic (exact) mass is 229 g/mol. The van der Waals surface area contributed by atoms with Crippen molar-refractivity contribution in [2.75, 3.05) is 13.7 Å². The van der Waals surface area contributed by atoms with Gasteiger partial charge in [0.25, 0.3) is 0 Å². The second-order valence-electron chi connectivity index (χ2n) is 4.77. The van der Waals surface area contributed by atoms with Gasteiger partial charge < -0.3 is 14.8 Å². The molecule has 1 N–H and O–H groups in total. The molecule has 0 spiro atoms. The van der Waals surface area contributed by atoms with Crippen LogP contribution in [0.1, 0.15) is 46.5 Å². The molecule has 0 saturated heterocycles. The molecular weight excluding hydrogens is 202 g/mol. The lowest BCUT2D eigenvalue weighted by atomic mass is 9.85. The van der Waals surface area contributed by atoms with Crippen LogP contribution in [0, 0.1) is 0 Å². The summed E-state index contributed by atoms with van der Waals surface area (Å²) in [6.45, 7) is 7.61. The summed E-state index contributed by atoms with van der Waals surface area (Å²) in [5.74, 6) is 0. The van der Waals surface area contributed by atoms with Gasteiger partial charge in [-0.25, -0.2) is 0 Å². The Bertz CT molecular complexity index is 187. The van der Waals surface area contributed by atoms with E-state index in [9.17, 15) is 0 Å². The predicted molar refractivity (Wildman–Crippen MR) is 66.7 cm³/mol. The van der Waals surface area contributed by atoms with Gasteiger partial charge in [0.1, 0.15) is 0 Å². The Morgan fingerprint density at radius 1 is 1.31 bits per heavy atom. The minimum absolute atomic E-state index is 0.242. The van der Waals surface area contributed by atoms with Crippen molar-refractivity contribution in [1.82, 2.24) is 5.32 Å². The van der Waals surface area contributed by atoms with E-state index < -0.39 is 0 Å². The molecule has 0 aromatic carbocycles. The fourth-order valence-electron chi connectivity index (χ4n) is 2.33. The van der Waals surface area contributed by atoms with Crippen molar-refractivity contribution >= 4 is 0 Å². The number of hydrogen-bond acceptors (Lipinski definition) is 3. The van der Waals surface area contributed by atoms with Gasteiger partial charge in [0.2, 0.25) is 0 Å². The van der Waals surface area contributed by atoms with E-state index in [1.807, 2.05) is 0 Å². The van der Waals surface area contributed by atoms with Gasteiger partial charge in [0.05, 0.1) is 18.3 Å². The highest BCUT2D eigenvalue weighted by molar-refractivity contribution is 4.97. The molecule has 0 aromatic rings. The van der Waals surface area contributed by atoms with E-state index in [1.165, 1.54) is 12.8 Å². The number of rotatable bonds is 8. The SMILES string of the molecule is CCCNC1CC(OC(C)CCC)C1OC. The number of methoxy groups -OCH3 is 1. The van der Waals surface area contributed by atoms with Crippen molar-refractivity contribution in [2.45, 2.75) is 70.8 Å². The zero-order valence-electron chi connectivity index (χ0n) is 11.2. The third-order valence-electron chi connectivity index (χ3n) is 3.28. The van der Waals surface area contributed by atoms with Crippen LogP contribution in [0.4, 0.5) is 0 Å². The molecule has 3 nitrogen and oxygen atoms in total. The van der Waals surface area contributed by atoms with E-state index in [4.69, 9.17) is 9.47 Å². The summed E-state index contributed by atoms with van der Waals surface area (Å²) in [6.07, 6.45) is 5.48. The van der Waals surface area contributed by atoms with E-state index in [2.05, 4.69) is 26.1 Å². The first-order valence-electron chi connectivity index (χ1n) is 6.64. The van der Waals surface area contributed by atoms with Gasteiger partial charge in [-0.2, -0.15) is 0 Å². The van der Waals surface area contributed by atoms with Gasteiger partial charge in [-0.15, -0.1) is 0 Å².